The molecule has 1 aromatic rings. The third-order valence-electron chi connectivity index (χ3n) is 3.48. The number of hydrogen-bond acceptors (Lipinski definition) is 3. The first-order valence-corrected chi connectivity index (χ1v) is 8.78. The van der Waals surface area contributed by atoms with Crippen LogP contribution < -0.4 is 5.73 Å². The Morgan fingerprint density at radius 1 is 1.37 bits per heavy atom. The topological polar surface area (TPSA) is 63.4 Å². The number of benzene rings is 1. The molecular formula is C13H19BrN2O2S. The zero-order chi connectivity index (χ0) is 14.0. The highest BCUT2D eigenvalue weighted by Gasteiger charge is 2.32. The van der Waals surface area contributed by atoms with Gasteiger partial charge >= 0.3 is 0 Å². The van der Waals surface area contributed by atoms with Crippen LogP contribution in [0.4, 0.5) is 0 Å². The smallest absolute Gasteiger partial charge is 0.218 e. The van der Waals surface area contributed by atoms with Crippen LogP contribution in [-0.4, -0.2) is 31.4 Å². The molecule has 2 rings (SSSR count). The van der Waals surface area contributed by atoms with Gasteiger partial charge in [-0.1, -0.05) is 28.1 Å². The van der Waals surface area contributed by atoms with E-state index in [-0.39, 0.29) is 17.8 Å². The summed E-state index contributed by atoms with van der Waals surface area (Å²) in [6.45, 7) is 2.46. The van der Waals surface area contributed by atoms with E-state index >= 15 is 0 Å². The van der Waals surface area contributed by atoms with Crippen LogP contribution in [0.3, 0.4) is 0 Å². The predicted molar refractivity (Wildman–Crippen MR) is 80.1 cm³/mol. The number of nitrogens with zero attached hydrogens (tertiary/aromatic N) is 1. The fraction of sp³-hybridized carbons (Fsp3) is 0.538. The van der Waals surface area contributed by atoms with Crippen LogP contribution in [0.1, 0.15) is 25.3 Å². The summed E-state index contributed by atoms with van der Waals surface area (Å²) >= 11 is 3.34. The Labute approximate surface area is 123 Å². The van der Waals surface area contributed by atoms with Crippen molar-refractivity contribution in [2.75, 3.05) is 6.54 Å². The quantitative estimate of drug-likeness (QED) is 0.911. The van der Waals surface area contributed by atoms with Crippen LogP contribution >= 0.6 is 15.9 Å². The van der Waals surface area contributed by atoms with Gasteiger partial charge in [-0.3, -0.25) is 0 Å². The predicted octanol–water partition coefficient (Wildman–Crippen LogP) is 2.09. The lowest BCUT2D eigenvalue weighted by atomic mass is 10.0. The van der Waals surface area contributed by atoms with Gasteiger partial charge < -0.3 is 5.73 Å². The largest absolute Gasteiger partial charge is 0.328 e. The summed E-state index contributed by atoms with van der Waals surface area (Å²) < 4.78 is 27.4. The summed E-state index contributed by atoms with van der Waals surface area (Å²) in [5.41, 5.74) is 6.68. The minimum atomic E-state index is -3.26. The number of piperidine rings is 1. The van der Waals surface area contributed by atoms with Crippen molar-refractivity contribution in [3.05, 3.63) is 34.3 Å². The van der Waals surface area contributed by atoms with Crippen molar-refractivity contribution in [3.8, 4) is 0 Å². The summed E-state index contributed by atoms with van der Waals surface area (Å²) in [5, 5.41) is 0. The van der Waals surface area contributed by atoms with Gasteiger partial charge in [-0.05, 0) is 37.5 Å². The lowest BCUT2D eigenvalue weighted by molar-refractivity contribution is 0.247. The van der Waals surface area contributed by atoms with Gasteiger partial charge in [0.15, 0.2) is 0 Å². The second-order valence-electron chi connectivity index (χ2n) is 5.13. The van der Waals surface area contributed by atoms with E-state index in [1.54, 1.807) is 4.31 Å². The van der Waals surface area contributed by atoms with E-state index in [9.17, 15) is 8.42 Å². The molecule has 1 aliphatic rings. The minimum absolute atomic E-state index is 0.0100. The maximum atomic E-state index is 12.4. The molecule has 0 saturated carbocycles. The van der Waals surface area contributed by atoms with E-state index in [1.165, 1.54) is 0 Å². The standard InChI is InChI=1S/C13H19BrN2O2S/c1-10-8-13(15)6-7-16(10)19(17,18)9-11-2-4-12(14)5-3-11/h2-5,10,13H,6-9,15H2,1H3/t10-,13+/m0/s1. The highest BCUT2D eigenvalue weighted by atomic mass is 79.9. The Hall–Kier alpha value is -0.430. The number of hydrogen-bond donors (Lipinski definition) is 1. The van der Waals surface area contributed by atoms with Crippen LogP contribution in [0.15, 0.2) is 28.7 Å². The van der Waals surface area contributed by atoms with Crippen LogP contribution in [0.25, 0.3) is 0 Å². The van der Waals surface area contributed by atoms with Crippen molar-refractivity contribution in [2.45, 2.75) is 37.6 Å². The van der Waals surface area contributed by atoms with Crippen LogP contribution in [0.2, 0.25) is 0 Å². The molecule has 0 aromatic heterocycles. The van der Waals surface area contributed by atoms with Gasteiger partial charge in [0.1, 0.15) is 0 Å². The first-order chi connectivity index (χ1) is 8.88. The molecule has 0 aliphatic carbocycles. The molecular weight excluding hydrogens is 328 g/mol. The normalized spacial score (nSPS) is 25.4. The van der Waals surface area contributed by atoms with E-state index in [2.05, 4.69) is 15.9 Å². The molecule has 6 heteroatoms. The molecule has 1 aliphatic heterocycles. The Morgan fingerprint density at radius 3 is 2.58 bits per heavy atom. The average Bonchev–Trinajstić information content (AvgIpc) is 2.31. The van der Waals surface area contributed by atoms with Crippen molar-refractivity contribution in [2.24, 2.45) is 5.73 Å². The highest BCUT2D eigenvalue weighted by Crippen LogP contribution is 2.22. The SMILES string of the molecule is C[C@H]1C[C@H](N)CCN1S(=O)(=O)Cc1ccc(Br)cc1. The number of rotatable bonds is 3. The monoisotopic (exact) mass is 346 g/mol. The summed E-state index contributed by atoms with van der Waals surface area (Å²) in [5.74, 6) is 0.0554. The molecule has 2 N–H and O–H groups in total. The van der Waals surface area contributed by atoms with Crippen molar-refractivity contribution in [1.82, 2.24) is 4.31 Å². The van der Waals surface area contributed by atoms with E-state index < -0.39 is 10.0 Å². The minimum Gasteiger partial charge on any atom is -0.328 e. The van der Waals surface area contributed by atoms with E-state index in [0.717, 1.165) is 22.9 Å². The van der Waals surface area contributed by atoms with Crippen LogP contribution in [0, 0.1) is 0 Å². The lowest BCUT2D eigenvalue weighted by Gasteiger charge is -2.35. The summed E-state index contributed by atoms with van der Waals surface area (Å²) in [6.07, 6.45) is 1.48. The maximum absolute atomic E-state index is 12.4. The molecule has 0 bridgehead atoms. The Bertz CT molecular complexity index is 530. The molecule has 1 saturated heterocycles. The fourth-order valence-corrected chi connectivity index (χ4v) is 4.54. The molecule has 19 heavy (non-hydrogen) atoms. The van der Waals surface area contributed by atoms with Crippen molar-refractivity contribution in [3.63, 3.8) is 0 Å². The first kappa shape index (κ1) is 15.0. The molecule has 0 amide bonds. The molecule has 1 fully saturated rings. The third-order valence-corrected chi connectivity index (χ3v) is 5.96. The first-order valence-electron chi connectivity index (χ1n) is 6.38. The van der Waals surface area contributed by atoms with E-state index in [0.29, 0.717) is 6.54 Å². The molecule has 1 heterocycles. The maximum Gasteiger partial charge on any atom is 0.218 e. The van der Waals surface area contributed by atoms with Gasteiger partial charge in [-0.15, -0.1) is 0 Å². The Morgan fingerprint density at radius 2 is 2.00 bits per heavy atom. The zero-order valence-corrected chi connectivity index (χ0v) is 13.3. The second-order valence-corrected chi connectivity index (χ2v) is 7.96. The van der Waals surface area contributed by atoms with Crippen molar-refractivity contribution < 1.29 is 8.42 Å². The van der Waals surface area contributed by atoms with Gasteiger partial charge in [0.05, 0.1) is 5.75 Å². The van der Waals surface area contributed by atoms with Crippen molar-refractivity contribution >= 4 is 26.0 Å². The summed E-state index contributed by atoms with van der Waals surface area (Å²) in [6, 6.07) is 7.50. The lowest BCUT2D eigenvalue weighted by Crippen LogP contribution is -2.48. The molecule has 4 nitrogen and oxygen atoms in total. The summed E-state index contributed by atoms with van der Waals surface area (Å²) in [4.78, 5) is 0. The Balaban J connectivity index is 2.12. The third kappa shape index (κ3) is 3.78. The van der Waals surface area contributed by atoms with Gasteiger partial charge in [-0.2, -0.15) is 4.31 Å². The van der Waals surface area contributed by atoms with Crippen LogP contribution in [0.5, 0.6) is 0 Å². The van der Waals surface area contributed by atoms with Gasteiger partial charge in [0, 0.05) is 23.1 Å². The van der Waals surface area contributed by atoms with Crippen LogP contribution in [-0.2, 0) is 15.8 Å². The molecule has 0 unspecified atom stereocenters. The Kier molecular flexibility index (Phi) is 4.66. The molecule has 0 radical (unpaired) electrons. The fourth-order valence-electron chi connectivity index (χ4n) is 2.47. The van der Waals surface area contributed by atoms with Gasteiger partial charge in [0.25, 0.3) is 0 Å². The number of halogens is 1. The van der Waals surface area contributed by atoms with E-state index in [1.807, 2.05) is 31.2 Å². The molecule has 106 valence electrons. The number of sulfonamides is 1. The van der Waals surface area contributed by atoms with E-state index in [4.69, 9.17) is 5.73 Å². The molecule has 2 atom stereocenters. The summed E-state index contributed by atoms with van der Waals surface area (Å²) in [7, 11) is -3.26. The molecule has 1 aromatic carbocycles. The second kappa shape index (κ2) is 5.91. The van der Waals surface area contributed by atoms with Gasteiger partial charge in [-0.25, -0.2) is 8.42 Å². The van der Waals surface area contributed by atoms with Gasteiger partial charge in [0.2, 0.25) is 10.0 Å². The molecule has 0 spiro atoms. The average molecular weight is 347 g/mol. The zero-order valence-electron chi connectivity index (χ0n) is 10.9. The highest BCUT2D eigenvalue weighted by molar-refractivity contribution is 9.10. The number of nitrogens with two attached hydrogens (primary N) is 1. The van der Waals surface area contributed by atoms with Crippen molar-refractivity contribution in [1.29, 1.82) is 0 Å².